The van der Waals surface area contributed by atoms with Gasteiger partial charge < -0.3 is 14.6 Å². The van der Waals surface area contributed by atoms with Crippen molar-refractivity contribution in [3.63, 3.8) is 0 Å². The standard InChI is InChI=1S/C14H20FNO3/c1-14(17,10-16-6-8-18-9-7-16)11-19-13-4-2-12(15)3-5-13/h2-5,17H,6-11H2,1H3/t14-/m0/s1. The molecule has 0 radical (unpaired) electrons. The van der Waals surface area contributed by atoms with Gasteiger partial charge in [-0.1, -0.05) is 0 Å². The average molecular weight is 269 g/mol. The Morgan fingerprint density at radius 2 is 1.95 bits per heavy atom. The van der Waals surface area contributed by atoms with E-state index < -0.39 is 5.60 Å². The third-order valence-electron chi connectivity index (χ3n) is 3.03. The van der Waals surface area contributed by atoms with Crippen LogP contribution in [0.3, 0.4) is 0 Å². The molecule has 1 aromatic carbocycles. The quantitative estimate of drug-likeness (QED) is 0.874. The molecule has 1 atom stereocenters. The lowest BCUT2D eigenvalue weighted by atomic mass is 10.1. The Morgan fingerprint density at radius 1 is 1.32 bits per heavy atom. The van der Waals surface area contributed by atoms with E-state index in [9.17, 15) is 9.50 Å². The fraction of sp³-hybridized carbons (Fsp3) is 0.571. The highest BCUT2D eigenvalue weighted by molar-refractivity contribution is 5.22. The lowest BCUT2D eigenvalue weighted by Gasteiger charge is -2.33. The first-order valence-corrected chi connectivity index (χ1v) is 6.46. The molecule has 1 heterocycles. The summed E-state index contributed by atoms with van der Waals surface area (Å²) in [5.41, 5.74) is -0.939. The molecule has 0 unspecified atom stereocenters. The number of ether oxygens (including phenoxy) is 2. The molecular weight excluding hydrogens is 249 g/mol. The molecule has 2 rings (SSSR count). The Bertz CT molecular complexity index is 388. The van der Waals surface area contributed by atoms with Crippen LogP contribution in [0, 0.1) is 5.82 Å². The smallest absolute Gasteiger partial charge is 0.123 e. The van der Waals surface area contributed by atoms with E-state index in [4.69, 9.17) is 9.47 Å². The molecule has 5 heteroatoms. The van der Waals surface area contributed by atoms with E-state index >= 15 is 0 Å². The van der Waals surface area contributed by atoms with E-state index in [2.05, 4.69) is 4.90 Å². The van der Waals surface area contributed by atoms with Crippen LogP contribution in [0.15, 0.2) is 24.3 Å². The second-order valence-corrected chi connectivity index (χ2v) is 5.13. The lowest BCUT2D eigenvalue weighted by Crippen LogP contribution is -2.48. The number of hydrogen-bond acceptors (Lipinski definition) is 4. The molecule has 0 saturated carbocycles. The third kappa shape index (κ3) is 4.78. The van der Waals surface area contributed by atoms with Crippen LogP contribution >= 0.6 is 0 Å². The first-order valence-electron chi connectivity index (χ1n) is 6.46. The normalized spacial score (nSPS) is 19.9. The van der Waals surface area contributed by atoms with E-state index in [1.165, 1.54) is 12.1 Å². The molecule has 0 spiro atoms. The SMILES string of the molecule is C[C@@](O)(COc1ccc(F)cc1)CN1CCOCC1. The van der Waals surface area contributed by atoms with E-state index in [1.54, 1.807) is 19.1 Å². The molecule has 1 aliphatic heterocycles. The molecule has 1 fully saturated rings. The van der Waals surface area contributed by atoms with Gasteiger partial charge in [-0.2, -0.15) is 0 Å². The van der Waals surface area contributed by atoms with Crippen LogP contribution in [0.5, 0.6) is 5.75 Å². The van der Waals surface area contributed by atoms with Crippen molar-refractivity contribution in [2.45, 2.75) is 12.5 Å². The van der Waals surface area contributed by atoms with Crippen molar-refractivity contribution in [2.75, 3.05) is 39.5 Å². The molecule has 1 saturated heterocycles. The van der Waals surface area contributed by atoms with Crippen molar-refractivity contribution in [3.8, 4) is 5.75 Å². The molecule has 0 aliphatic carbocycles. The summed E-state index contributed by atoms with van der Waals surface area (Å²) in [6.45, 7) is 5.52. The van der Waals surface area contributed by atoms with Gasteiger partial charge in [0.15, 0.2) is 0 Å². The van der Waals surface area contributed by atoms with Crippen molar-refractivity contribution in [1.29, 1.82) is 0 Å². The number of rotatable bonds is 5. The summed E-state index contributed by atoms with van der Waals surface area (Å²) in [6, 6.07) is 5.79. The highest BCUT2D eigenvalue weighted by Gasteiger charge is 2.26. The van der Waals surface area contributed by atoms with Gasteiger partial charge >= 0.3 is 0 Å². The fourth-order valence-electron chi connectivity index (χ4n) is 2.06. The van der Waals surface area contributed by atoms with Gasteiger partial charge in [0.1, 0.15) is 23.8 Å². The first-order chi connectivity index (χ1) is 9.05. The zero-order valence-electron chi connectivity index (χ0n) is 11.1. The number of benzene rings is 1. The van der Waals surface area contributed by atoms with Crippen molar-refractivity contribution in [3.05, 3.63) is 30.1 Å². The predicted octanol–water partition coefficient (Wildman–Crippen LogP) is 1.29. The molecule has 0 aromatic heterocycles. The molecule has 0 bridgehead atoms. The van der Waals surface area contributed by atoms with Gasteiger partial charge in [0.05, 0.1) is 13.2 Å². The molecular formula is C14H20FNO3. The number of morpholine rings is 1. The van der Waals surface area contributed by atoms with Crippen LogP contribution in [-0.4, -0.2) is 55.1 Å². The summed E-state index contributed by atoms with van der Waals surface area (Å²) in [7, 11) is 0. The van der Waals surface area contributed by atoms with Gasteiger partial charge in [-0.15, -0.1) is 0 Å². The lowest BCUT2D eigenvalue weighted by molar-refractivity contribution is -0.0435. The maximum Gasteiger partial charge on any atom is 0.123 e. The van der Waals surface area contributed by atoms with Crippen molar-refractivity contribution < 1.29 is 19.0 Å². The van der Waals surface area contributed by atoms with Crippen molar-refractivity contribution in [1.82, 2.24) is 4.90 Å². The van der Waals surface area contributed by atoms with E-state index in [0.717, 1.165) is 13.1 Å². The summed E-state index contributed by atoms with van der Waals surface area (Å²) < 4.78 is 23.5. The average Bonchev–Trinajstić information content (AvgIpc) is 2.39. The molecule has 19 heavy (non-hydrogen) atoms. The van der Waals surface area contributed by atoms with E-state index in [-0.39, 0.29) is 12.4 Å². The maximum atomic E-state index is 12.7. The van der Waals surface area contributed by atoms with Crippen molar-refractivity contribution >= 4 is 0 Å². The minimum absolute atomic E-state index is 0.177. The number of aliphatic hydroxyl groups is 1. The highest BCUT2D eigenvalue weighted by atomic mass is 19.1. The summed E-state index contributed by atoms with van der Waals surface area (Å²) in [5.74, 6) is 0.260. The Labute approximate surface area is 112 Å². The number of β-amino-alcohol motifs (C(OH)–C–C–N with tert-alkyl or cyclic N) is 1. The second kappa shape index (κ2) is 6.32. The van der Waals surface area contributed by atoms with Crippen LogP contribution < -0.4 is 4.74 Å². The third-order valence-corrected chi connectivity index (χ3v) is 3.03. The number of nitrogens with zero attached hydrogens (tertiary/aromatic N) is 1. The van der Waals surface area contributed by atoms with Gasteiger partial charge in [-0.25, -0.2) is 4.39 Å². The van der Waals surface area contributed by atoms with Gasteiger partial charge in [-0.05, 0) is 31.2 Å². The molecule has 4 nitrogen and oxygen atoms in total. The van der Waals surface area contributed by atoms with Gasteiger partial charge in [0.2, 0.25) is 0 Å². The fourth-order valence-corrected chi connectivity index (χ4v) is 2.06. The molecule has 0 amide bonds. The first kappa shape index (κ1) is 14.2. The van der Waals surface area contributed by atoms with E-state index in [1.807, 2.05) is 0 Å². The minimum atomic E-state index is -0.939. The zero-order chi connectivity index (χ0) is 13.7. The molecule has 1 aliphatic rings. The summed E-state index contributed by atoms with van der Waals surface area (Å²) in [4.78, 5) is 2.15. The predicted molar refractivity (Wildman–Crippen MR) is 69.8 cm³/mol. The van der Waals surface area contributed by atoms with Crippen LogP contribution in [0.4, 0.5) is 4.39 Å². The molecule has 106 valence electrons. The summed E-state index contributed by atoms with van der Waals surface area (Å²) in [6.07, 6.45) is 0. The van der Waals surface area contributed by atoms with Crippen molar-refractivity contribution in [2.24, 2.45) is 0 Å². The number of hydrogen-bond donors (Lipinski definition) is 1. The Morgan fingerprint density at radius 3 is 2.58 bits per heavy atom. The van der Waals surface area contributed by atoms with Crippen LogP contribution in [0.2, 0.25) is 0 Å². The molecule has 1 N–H and O–H groups in total. The largest absolute Gasteiger partial charge is 0.491 e. The monoisotopic (exact) mass is 269 g/mol. The van der Waals surface area contributed by atoms with Gasteiger partial charge in [0, 0.05) is 19.6 Å². The Kier molecular flexibility index (Phi) is 4.74. The van der Waals surface area contributed by atoms with E-state index in [0.29, 0.717) is 25.5 Å². The molecule has 1 aromatic rings. The zero-order valence-corrected chi connectivity index (χ0v) is 11.1. The Balaban J connectivity index is 1.81. The highest BCUT2D eigenvalue weighted by Crippen LogP contribution is 2.15. The van der Waals surface area contributed by atoms with Gasteiger partial charge in [-0.3, -0.25) is 4.90 Å². The summed E-state index contributed by atoms with van der Waals surface area (Å²) >= 11 is 0. The van der Waals surface area contributed by atoms with Crippen LogP contribution in [0.1, 0.15) is 6.92 Å². The van der Waals surface area contributed by atoms with Crippen LogP contribution in [0.25, 0.3) is 0 Å². The minimum Gasteiger partial charge on any atom is -0.491 e. The van der Waals surface area contributed by atoms with Crippen LogP contribution in [-0.2, 0) is 4.74 Å². The number of halogens is 1. The topological polar surface area (TPSA) is 41.9 Å². The van der Waals surface area contributed by atoms with Gasteiger partial charge in [0.25, 0.3) is 0 Å². The second-order valence-electron chi connectivity index (χ2n) is 5.13. The summed E-state index contributed by atoms with van der Waals surface area (Å²) in [5, 5.41) is 10.3. The Hall–Kier alpha value is -1.17. The maximum absolute atomic E-state index is 12.7.